The SMILES string of the molecule is C[C@@H]1[C@H](O)C[C@@H](CO)C(CO)=C2CC(C)(C)C[C@@H]21. The molecule has 1 saturated carbocycles. The van der Waals surface area contributed by atoms with Gasteiger partial charge in [-0.15, -0.1) is 0 Å². The van der Waals surface area contributed by atoms with Crippen molar-refractivity contribution in [3.8, 4) is 0 Å². The van der Waals surface area contributed by atoms with Crippen LogP contribution in [0.4, 0.5) is 0 Å². The van der Waals surface area contributed by atoms with E-state index in [4.69, 9.17) is 0 Å². The summed E-state index contributed by atoms with van der Waals surface area (Å²) in [6.45, 7) is 6.64. The first-order valence-electron chi connectivity index (χ1n) is 7.01. The molecule has 1 fully saturated rings. The van der Waals surface area contributed by atoms with Gasteiger partial charge in [-0.05, 0) is 42.1 Å². The molecule has 0 aliphatic heterocycles. The summed E-state index contributed by atoms with van der Waals surface area (Å²) in [5, 5.41) is 29.4. The van der Waals surface area contributed by atoms with Crippen molar-refractivity contribution in [1.82, 2.24) is 0 Å². The summed E-state index contributed by atoms with van der Waals surface area (Å²) in [6.07, 6.45) is 2.26. The molecule has 0 aromatic rings. The Morgan fingerprint density at radius 1 is 1.28 bits per heavy atom. The molecule has 104 valence electrons. The lowest BCUT2D eigenvalue weighted by atomic mass is 9.83. The van der Waals surface area contributed by atoms with Gasteiger partial charge in [0.15, 0.2) is 0 Å². The van der Waals surface area contributed by atoms with E-state index in [2.05, 4.69) is 20.8 Å². The molecule has 2 aliphatic carbocycles. The van der Waals surface area contributed by atoms with Crippen LogP contribution >= 0.6 is 0 Å². The molecule has 0 radical (unpaired) electrons. The Bertz CT molecular complexity index is 346. The van der Waals surface area contributed by atoms with Crippen LogP contribution in [0.5, 0.6) is 0 Å². The van der Waals surface area contributed by atoms with Gasteiger partial charge in [0.05, 0.1) is 12.7 Å². The minimum Gasteiger partial charge on any atom is -0.396 e. The highest BCUT2D eigenvalue weighted by Gasteiger charge is 2.44. The average Bonchev–Trinajstić information content (AvgIpc) is 2.59. The number of hydrogen-bond donors (Lipinski definition) is 3. The summed E-state index contributed by atoms with van der Waals surface area (Å²) >= 11 is 0. The van der Waals surface area contributed by atoms with Crippen LogP contribution in [0.2, 0.25) is 0 Å². The van der Waals surface area contributed by atoms with Gasteiger partial charge in [0.1, 0.15) is 0 Å². The van der Waals surface area contributed by atoms with E-state index in [0.717, 1.165) is 18.4 Å². The molecule has 3 heteroatoms. The molecule has 0 saturated heterocycles. The molecule has 4 atom stereocenters. The summed E-state index contributed by atoms with van der Waals surface area (Å²) in [5.74, 6) is 0.523. The van der Waals surface area contributed by atoms with Crippen molar-refractivity contribution in [3.63, 3.8) is 0 Å². The van der Waals surface area contributed by atoms with Crippen LogP contribution in [0.15, 0.2) is 11.1 Å². The molecule has 3 N–H and O–H groups in total. The molecular formula is C15H26O3. The predicted molar refractivity (Wildman–Crippen MR) is 71.0 cm³/mol. The van der Waals surface area contributed by atoms with E-state index in [0.29, 0.717) is 12.3 Å². The second-order valence-corrected chi connectivity index (χ2v) is 6.90. The van der Waals surface area contributed by atoms with Gasteiger partial charge in [-0.1, -0.05) is 26.3 Å². The number of fused-ring (bicyclic) bond motifs is 1. The van der Waals surface area contributed by atoms with Crippen molar-refractivity contribution >= 4 is 0 Å². The Balaban J connectivity index is 2.43. The molecule has 0 bridgehead atoms. The van der Waals surface area contributed by atoms with E-state index in [1.165, 1.54) is 5.57 Å². The molecule has 0 aromatic carbocycles. The highest BCUT2D eigenvalue weighted by molar-refractivity contribution is 5.28. The number of allylic oxidation sites excluding steroid dienone is 1. The zero-order valence-electron chi connectivity index (χ0n) is 11.7. The molecule has 0 amide bonds. The van der Waals surface area contributed by atoms with Crippen molar-refractivity contribution in [3.05, 3.63) is 11.1 Å². The summed E-state index contributed by atoms with van der Waals surface area (Å²) in [5.41, 5.74) is 2.55. The number of aliphatic hydroxyl groups excluding tert-OH is 3. The highest BCUT2D eigenvalue weighted by atomic mass is 16.3. The first-order chi connectivity index (χ1) is 8.39. The van der Waals surface area contributed by atoms with Crippen molar-refractivity contribution in [2.24, 2.45) is 23.2 Å². The third kappa shape index (κ3) is 2.36. The van der Waals surface area contributed by atoms with Crippen LogP contribution in [0.3, 0.4) is 0 Å². The largest absolute Gasteiger partial charge is 0.396 e. The molecule has 18 heavy (non-hydrogen) atoms. The second kappa shape index (κ2) is 4.95. The van der Waals surface area contributed by atoms with E-state index in [9.17, 15) is 15.3 Å². The summed E-state index contributed by atoms with van der Waals surface area (Å²) in [6, 6.07) is 0. The van der Waals surface area contributed by atoms with Crippen molar-refractivity contribution in [2.45, 2.75) is 46.1 Å². The molecular weight excluding hydrogens is 228 g/mol. The average molecular weight is 254 g/mol. The summed E-state index contributed by atoms with van der Waals surface area (Å²) < 4.78 is 0. The minimum atomic E-state index is -0.375. The van der Waals surface area contributed by atoms with Crippen LogP contribution in [-0.2, 0) is 0 Å². The first kappa shape index (κ1) is 14.0. The van der Waals surface area contributed by atoms with Crippen LogP contribution in [0, 0.1) is 23.2 Å². The number of rotatable bonds is 2. The normalized spacial score (nSPS) is 39.7. The molecule has 3 nitrogen and oxygen atoms in total. The van der Waals surface area contributed by atoms with E-state index in [1.807, 2.05) is 0 Å². The number of hydrogen-bond acceptors (Lipinski definition) is 3. The van der Waals surface area contributed by atoms with Crippen molar-refractivity contribution in [1.29, 1.82) is 0 Å². The molecule has 2 aliphatic rings. The quantitative estimate of drug-likeness (QED) is 0.658. The standard InChI is InChI=1S/C15H26O3/c1-9-11-5-15(2,3)6-12(11)13(8-17)10(7-16)4-14(9)18/h9-11,14,16-18H,4-8H2,1-3H3/t9-,10-,11+,14+/m0/s1. The van der Waals surface area contributed by atoms with Gasteiger partial charge in [-0.2, -0.15) is 0 Å². The lowest BCUT2D eigenvalue weighted by Crippen LogP contribution is -2.26. The Morgan fingerprint density at radius 3 is 2.50 bits per heavy atom. The van der Waals surface area contributed by atoms with Crippen LogP contribution < -0.4 is 0 Å². The lowest BCUT2D eigenvalue weighted by molar-refractivity contribution is 0.0655. The van der Waals surface area contributed by atoms with Gasteiger partial charge in [-0.25, -0.2) is 0 Å². The Morgan fingerprint density at radius 2 is 1.94 bits per heavy atom. The minimum absolute atomic E-state index is 0.0204. The third-order valence-corrected chi connectivity index (χ3v) is 4.95. The fourth-order valence-corrected chi connectivity index (χ4v) is 3.89. The molecule has 2 rings (SSSR count). The van der Waals surface area contributed by atoms with Crippen molar-refractivity contribution in [2.75, 3.05) is 13.2 Å². The zero-order valence-corrected chi connectivity index (χ0v) is 11.7. The topological polar surface area (TPSA) is 60.7 Å². The molecule has 0 unspecified atom stereocenters. The van der Waals surface area contributed by atoms with E-state index < -0.39 is 0 Å². The van der Waals surface area contributed by atoms with E-state index in [-0.39, 0.29) is 36.6 Å². The summed E-state index contributed by atoms with van der Waals surface area (Å²) in [7, 11) is 0. The Hall–Kier alpha value is -0.380. The predicted octanol–water partition coefficient (Wildman–Crippen LogP) is 1.72. The maximum atomic E-state index is 10.3. The highest BCUT2D eigenvalue weighted by Crippen LogP contribution is 2.52. The maximum absolute atomic E-state index is 10.3. The van der Waals surface area contributed by atoms with Gasteiger partial charge in [-0.3, -0.25) is 0 Å². The number of aliphatic hydroxyl groups is 3. The van der Waals surface area contributed by atoms with E-state index in [1.54, 1.807) is 0 Å². The molecule has 0 aromatic heterocycles. The van der Waals surface area contributed by atoms with Crippen LogP contribution in [0.1, 0.15) is 40.0 Å². The monoisotopic (exact) mass is 254 g/mol. The third-order valence-electron chi connectivity index (χ3n) is 4.95. The van der Waals surface area contributed by atoms with Crippen LogP contribution in [0.25, 0.3) is 0 Å². The Kier molecular flexibility index (Phi) is 3.86. The van der Waals surface area contributed by atoms with Crippen molar-refractivity contribution < 1.29 is 15.3 Å². The van der Waals surface area contributed by atoms with Crippen LogP contribution in [-0.4, -0.2) is 34.6 Å². The molecule has 0 heterocycles. The Labute approximate surface area is 110 Å². The first-order valence-corrected chi connectivity index (χ1v) is 7.01. The van der Waals surface area contributed by atoms with Gasteiger partial charge in [0.25, 0.3) is 0 Å². The van der Waals surface area contributed by atoms with Gasteiger partial charge in [0.2, 0.25) is 0 Å². The van der Waals surface area contributed by atoms with Gasteiger partial charge in [0, 0.05) is 12.5 Å². The smallest absolute Gasteiger partial charge is 0.0648 e. The molecule has 0 spiro atoms. The lowest BCUT2D eigenvalue weighted by Gasteiger charge is -2.25. The second-order valence-electron chi connectivity index (χ2n) is 6.90. The fraction of sp³-hybridized carbons (Fsp3) is 0.867. The van der Waals surface area contributed by atoms with Gasteiger partial charge >= 0.3 is 0 Å². The van der Waals surface area contributed by atoms with Gasteiger partial charge < -0.3 is 15.3 Å². The van der Waals surface area contributed by atoms with E-state index >= 15 is 0 Å². The maximum Gasteiger partial charge on any atom is 0.0648 e. The summed E-state index contributed by atoms with van der Waals surface area (Å²) in [4.78, 5) is 0. The zero-order chi connectivity index (χ0) is 13.5. The fourth-order valence-electron chi connectivity index (χ4n) is 3.89.